The standard InChI is InChI=1S/C11H17N3O4S/c1-18-5-4-11(2-3-11)7-14-9(17)12-13-10(14)19-6-8(15)16/h2-7H2,1H3,(H,12,17)(H,15,16). The molecule has 106 valence electrons. The molecule has 0 unspecified atom stereocenters. The second-order valence-electron chi connectivity index (χ2n) is 4.82. The minimum atomic E-state index is -0.924. The van der Waals surface area contributed by atoms with Crippen molar-refractivity contribution in [2.24, 2.45) is 5.41 Å². The van der Waals surface area contributed by atoms with Crippen LogP contribution in [-0.4, -0.2) is 45.3 Å². The highest BCUT2D eigenvalue weighted by Crippen LogP contribution is 2.50. The predicted molar refractivity (Wildman–Crippen MR) is 69.4 cm³/mol. The number of H-pyrrole nitrogens is 1. The van der Waals surface area contributed by atoms with Gasteiger partial charge in [0.2, 0.25) is 0 Å². The highest BCUT2D eigenvalue weighted by atomic mass is 32.2. The zero-order valence-electron chi connectivity index (χ0n) is 10.7. The van der Waals surface area contributed by atoms with Crippen molar-refractivity contribution < 1.29 is 14.6 Å². The summed E-state index contributed by atoms with van der Waals surface area (Å²) >= 11 is 1.06. The van der Waals surface area contributed by atoms with E-state index in [1.165, 1.54) is 4.57 Å². The number of methoxy groups -OCH3 is 1. The van der Waals surface area contributed by atoms with Crippen LogP contribution in [0, 0.1) is 5.41 Å². The minimum absolute atomic E-state index is 0.102. The van der Waals surface area contributed by atoms with E-state index in [-0.39, 0.29) is 16.9 Å². The Hall–Kier alpha value is -1.28. The zero-order valence-corrected chi connectivity index (χ0v) is 11.5. The quantitative estimate of drug-likeness (QED) is 0.678. The lowest BCUT2D eigenvalue weighted by molar-refractivity contribution is -0.133. The number of hydrogen-bond donors (Lipinski definition) is 2. The maximum absolute atomic E-state index is 11.7. The first kappa shape index (κ1) is 14.1. The topological polar surface area (TPSA) is 97.2 Å². The molecular weight excluding hydrogens is 270 g/mol. The number of carboxylic acid groups (broad SMARTS) is 1. The molecule has 0 aliphatic heterocycles. The second-order valence-corrected chi connectivity index (χ2v) is 5.77. The summed E-state index contributed by atoms with van der Waals surface area (Å²) in [7, 11) is 1.66. The molecule has 0 spiro atoms. The van der Waals surface area contributed by atoms with Crippen LogP contribution in [0.1, 0.15) is 19.3 Å². The summed E-state index contributed by atoms with van der Waals surface area (Å²) in [4.78, 5) is 22.3. The Labute approximate surface area is 114 Å². The molecule has 1 fully saturated rings. The number of nitrogens with one attached hydrogen (secondary N) is 1. The third-order valence-electron chi connectivity index (χ3n) is 3.34. The van der Waals surface area contributed by atoms with Gasteiger partial charge in [-0.15, -0.1) is 5.10 Å². The zero-order chi connectivity index (χ0) is 13.9. The Kier molecular flexibility index (Phi) is 4.31. The third kappa shape index (κ3) is 3.60. The van der Waals surface area contributed by atoms with Gasteiger partial charge in [-0.3, -0.25) is 9.36 Å². The number of aromatic nitrogens is 3. The van der Waals surface area contributed by atoms with Gasteiger partial charge in [-0.05, 0) is 24.7 Å². The van der Waals surface area contributed by atoms with E-state index >= 15 is 0 Å². The van der Waals surface area contributed by atoms with Crippen LogP contribution in [0.4, 0.5) is 0 Å². The number of thioether (sulfide) groups is 1. The molecule has 1 saturated carbocycles. The Balaban J connectivity index is 2.05. The number of aromatic amines is 1. The highest BCUT2D eigenvalue weighted by molar-refractivity contribution is 7.99. The van der Waals surface area contributed by atoms with Crippen molar-refractivity contribution in [2.45, 2.75) is 31.0 Å². The van der Waals surface area contributed by atoms with Gasteiger partial charge in [0, 0.05) is 20.3 Å². The maximum Gasteiger partial charge on any atom is 0.343 e. The monoisotopic (exact) mass is 287 g/mol. The molecule has 1 aromatic heterocycles. The van der Waals surface area contributed by atoms with Crippen LogP contribution < -0.4 is 5.69 Å². The van der Waals surface area contributed by atoms with Gasteiger partial charge in [0.1, 0.15) is 0 Å². The van der Waals surface area contributed by atoms with Crippen molar-refractivity contribution in [3.8, 4) is 0 Å². The van der Waals surface area contributed by atoms with Crippen LogP contribution in [0.5, 0.6) is 0 Å². The fourth-order valence-corrected chi connectivity index (χ4v) is 2.66. The summed E-state index contributed by atoms with van der Waals surface area (Å²) < 4.78 is 6.62. The Morgan fingerprint density at radius 2 is 2.37 bits per heavy atom. The number of carbonyl (C=O) groups is 1. The number of ether oxygens (including phenoxy) is 1. The molecule has 7 nitrogen and oxygen atoms in total. The molecule has 0 bridgehead atoms. The van der Waals surface area contributed by atoms with Crippen molar-refractivity contribution in [1.82, 2.24) is 14.8 Å². The smallest absolute Gasteiger partial charge is 0.343 e. The summed E-state index contributed by atoms with van der Waals surface area (Å²) in [6.45, 7) is 1.25. The number of aliphatic carboxylic acids is 1. The third-order valence-corrected chi connectivity index (χ3v) is 4.30. The molecule has 1 aromatic rings. The SMILES string of the molecule is COCCC1(Cn2c(SCC(=O)O)n[nH]c2=O)CC1. The minimum Gasteiger partial charge on any atom is -0.481 e. The van der Waals surface area contributed by atoms with Gasteiger partial charge in [-0.1, -0.05) is 11.8 Å². The van der Waals surface area contributed by atoms with Gasteiger partial charge < -0.3 is 9.84 Å². The van der Waals surface area contributed by atoms with E-state index in [0.717, 1.165) is 31.0 Å². The molecule has 0 radical (unpaired) electrons. The number of carboxylic acids is 1. The Bertz CT molecular complexity index is 506. The Morgan fingerprint density at radius 3 is 2.95 bits per heavy atom. The summed E-state index contributed by atoms with van der Waals surface area (Å²) in [5.41, 5.74) is -0.168. The molecule has 2 N–H and O–H groups in total. The van der Waals surface area contributed by atoms with Gasteiger partial charge in [-0.25, -0.2) is 9.89 Å². The van der Waals surface area contributed by atoms with Crippen LogP contribution in [0.25, 0.3) is 0 Å². The molecule has 0 aromatic carbocycles. The van der Waals surface area contributed by atoms with Crippen LogP contribution in [0.15, 0.2) is 9.95 Å². The van der Waals surface area contributed by atoms with Gasteiger partial charge in [0.05, 0.1) is 5.75 Å². The van der Waals surface area contributed by atoms with Gasteiger partial charge in [0.15, 0.2) is 5.16 Å². The highest BCUT2D eigenvalue weighted by Gasteiger charge is 2.43. The molecule has 19 heavy (non-hydrogen) atoms. The molecule has 0 amide bonds. The maximum atomic E-state index is 11.7. The van der Waals surface area contributed by atoms with Gasteiger partial charge in [0.25, 0.3) is 0 Å². The van der Waals surface area contributed by atoms with Gasteiger partial charge >= 0.3 is 11.7 Å². The van der Waals surface area contributed by atoms with E-state index in [2.05, 4.69) is 10.2 Å². The lowest BCUT2D eigenvalue weighted by atomic mass is 10.0. The van der Waals surface area contributed by atoms with Crippen molar-refractivity contribution in [3.63, 3.8) is 0 Å². The van der Waals surface area contributed by atoms with E-state index in [0.29, 0.717) is 18.3 Å². The summed E-state index contributed by atoms with van der Waals surface area (Å²) in [5.74, 6) is -1.03. The Morgan fingerprint density at radius 1 is 1.63 bits per heavy atom. The van der Waals surface area contributed by atoms with E-state index in [4.69, 9.17) is 9.84 Å². The lowest BCUT2D eigenvalue weighted by Crippen LogP contribution is -2.24. The second kappa shape index (κ2) is 5.79. The average Bonchev–Trinajstić information content (AvgIpc) is 3.06. The first-order valence-corrected chi connectivity index (χ1v) is 7.04. The summed E-state index contributed by atoms with van der Waals surface area (Å²) in [6.07, 6.45) is 3.04. The fourth-order valence-electron chi connectivity index (χ4n) is 2.00. The molecule has 2 rings (SSSR count). The number of nitrogens with zero attached hydrogens (tertiary/aromatic N) is 2. The van der Waals surface area contributed by atoms with Crippen molar-refractivity contribution in [2.75, 3.05) is 19.5 Å². The summed E-state index contributed by atoms with van der Waals surface area (Å²) in [6, 6.07) is 0. The van der Waals surface area contributed by atoms with Crippen LogP contribution in [-0.2, 0) is 16.1 Å². The van der Waals surface area contributed by atoms with Crippen LogP contribution in [0.3, 0.4) is 0 Å². The van der Waals surface area contributed by atoms with E-state index in [1.807, 2.05) is 0 Å². The predicted octanol–water partition coefficient (Wildman–Crippen LogP) is 0.565. The molecule has 1 heterocycles. The van der Waals surface area contributed by atoms with E-state index < -0.39 is 5.97 Å². The lowest BCUT2D eigenvalue weighted by Gasteiger charge is -2.15. The van der Waals surface area contributed by atoms with E-state index in [1.54, 1.807) is 7.11 Å². The number of hydrogen-bond acceptors (Lipinski definition) is 5. The van der Waals surface area contributed by atoms with Crippen molar-refractivity contribution in [1.29, 1.82) is 0 Å². The normalized spacial score (nSPS) is 16.5. The first-order valence-electron chi connectivity index (χ1n) is 6.05. The molecule has 0 atom stereocenters. The van der Waals surface area contributed by atoms with Crippen molar-refractivity contribution in [3.05, 3.63) is 10.5 Å². The largest absolute Gasteiger partial charge is 0.481 e. The van der Waals surface area contributed by atoms with E-state index in [9.17, 15) is 9.59 Å². The van der Waals surface area contributed by atoms with Gasteiger partial charge in [-0.2, -0.15) is 0 Å². The molecule has 1 aliphatic carbocycles. The average molecular weight is 287 g/mol. The number of rotatable bonds is 8. The molecule has 1 aliphatic rings. The fraction of sp³-hybridized carbons (Fsp3) is 0.727. The van der Waals surface area contributed by atoms with Crippen LogP contribution in [0.2, 0.25) is 0 Å². The molecule has 0 saturated heterocycles. The molecule has 8 heteroatoms. The van der Waals surface area contributed by atoms with Crippen LogP contribution >= 0.6 is 11.8 Å². The molecular formula is C11H17N3O4S. The first-order chi connectivity index (χ1) is 9.06. The summed E-state index contributed by atoms with van der Waals surface area (Å²) in [5, 5.41) is 15.4. The van der Waals surface area contributed by atoms with Crippen molar-refractivity contribution >= 4 is 17.7 Å².